The van der Waals surface area contributed by atoms with E-state index in [0.29, 0.717) is 12.2 Å². The van der Waals surface area contributed by atoms with Crippen LogP contribution in [0.3, 0.4) is 0 Å². The zero-order chi connectivity index (χ0) is 21.9. The molecular weight excluding hydrogens is 422 g/mol. The third-order valence-electron chi connectivity index (χ3n) is 4.89. The third kappa shape index (κ3) is 4.06. The number of nitrogens with zero attached hydrogens (tertiary/aromatic N) is 6. The Hall–Kier alpha value is -4.11. The number of hydrogen-bond acceptors (Lipinski definition) is 6. The first-order valence-electron chi connectivity index (χ1n) is 9.94. The highest BCUT2D eigenvalue weighted by Crippen LogP contribution is 2.25. The maximum Gasteiger partial charge on any atom is 0.271 e. The van der Waals surface area contributed by atoms with Crippen molar-refractivity contribution in [2.45, 2.75) is 6.54 Å². The van der Waals surface area contributed by atoms with Gasteiger partial charge >= 0.3 is 0 Å². The largest absolute Gasteiger partial charge is 0.346 e. The zero-order valence-corrected chi connectivity index (χ0v) is 18.0. The summed E-state index contributed by atoms with van der Waals surface area (Å²) in [5.41, 5.74) is 4.85. The highest BCUT2D eigenvalue weighted by atomic mass is 32.1. The van der Waals surface area contributed by atoms with E-state index in [4.69, 9.17) is 5.10 Å². The van der Waals surface area contributed by atoms with Gasteiger partial charge in [-0.1, -0.05) is 18.2 Å². The maximum absolute atomic E-state index is 12.8. The Labute approximate surface area is 188 Å². The molecule has 0 aliphatic heterocycles. The van der Waals surface area contributed by atoms with E-state index in [2.05, 4.69) is 20.4 Å². The minimum Gasteiger partial charge on any atom is -0.346 e. The summed E-state index contributed by atoms with van der Waals surface area (Å²) in [7, 11) is 1.85. The molecule has 0 aliphatic rings. The summed E-state index contributed by atoms with van der Waals surface area (Å²) in [6.45, 7) is 0.322. The van der Waals surface area contributed by atoms with E-state index in [1.807, 2.05) is 66.6 Å². The summed E-state index contributed by atoms with van der Waals surface area (Å²) < 4.78 is 3.53. The number of aromatic nitrogens is 6. The second-order valence-corrected chi connectivity index (χ2v) is 8.00. The minimum absolute atomic E-state index is 0.232. The number of carbonyl (C=O) groups is 1. The van der Waals surface area contributed by atoms with Gasteiger partial charge in [0.05, 0.1) is 17.6 Å². The molecule has 1 amide bonds. The van der Waals surface area contributed by atoms with E-state index in [1.54, 1.807) is 28.7 Å². The second kappa shape index (κ2) is 8.56. The van der Waals surface area contributed by atoms with Crippen LogP contribution in [0.5, 0.6) is 0 Å². The summed E-state index contributed by atoms with van der Waals surface area (Å²) in [5, 5.41) is 14.4. The van der Waals surface area contributed by atoms with Gasteiger partial charge in [-0.2, -0.15) is 10.2 Å². The molecule has 0 aliphatic carbocycles. The fourth-order valence-corrected chi connectivity index (χ4v) is 4.09. The summed E-state index contributed by atoms with van der Waals surface area (Å²) in [5.74, 6) is -0.232. The number of rotatable bonds is 6. The summed E-state index contributed by atoms with van der Waals surface area (Å²) in [6, 6.07) is 13.7. The predicted octanol–water partition coefficient (Wildman–Crippen LogP) is 3.72. The van der Waals surface area contributed by atoms with Crippen molar-refractivity contribution in [2.24, 2.45) is 7.05 Å². The maximum atomic E-state index is 12.8. The Kier molecular flexibility index (Phi) is 5.30. The smallest absolute Gasteiger partial charge is 0.271 e. The number of pyridine rings is 1. The van der Waals surface area contributed by atoms with Crippen LogP contribution in [0.1, 0.15) is 16.1 Å². The number of aryl methyl sites for hydroxylation is 1. The van der Waals surface area contributed by atoms with Gasteiger partial charge in [-0.3, -0.25) is 14.5 Å². The Morgan fingerprint density at radius 1 is 1.06 bits per heavy atom. The highest BCUT2D eigenvalue weighted by molar-refractivity contribution is 7.13. The van der Waals surface area contributed by atoms with Crippen LogP contribution in [-0.4, -0.2) is 35.4 Å². The van der Waals surface area contributed by atoms with Crippen molar-refractivity contribution in [1.82, 2.24) is 34.8 Å². The summed E-state index contributed by atoms with van der Waals surface area (Å²) >= 11 is 1.42. The van der Waals surface area contributed by atoms with Gasteiger partial charge in [0, 0.05) is 60.5 Å². The van der Waals surface area contributed by atoms with Crippen molar-refractivity contribution >= 4 is 17.2 Å². The van der Waals surface area contributed by atoms with Crippen molar-refractivity contribution in [3.63, 3.8) is 0 Å². The SMILES string of the molecule is Cn1cc(-c2nc(C(=O)NCc3cn(-c4ccccc4)nc3-c3ccncc3)cs2)cn1. The monoisotopic (exact) mass is 441 g/mol. The number of carbonyl (C=O) groups excluding carboxylic acids is 1. The molecule has 0 radical (unpaired) electrons. The van der Waals surface area contributed by atoms with E-state index in [-0.39, 0.29) is 5.91 Å². The lowest BCUT2D eigenvalue weighted by Crippen LogP contribution is -2.23. The molecule has 1 N–H and O–H groups in total. The minimum atomic E-state index is -0.232. The number of hydrogen-bond donors (Lipinski definition) is 1. The molecule has 0 spiro atoms. The molecule has 0 saturated carbocycles. The van der Waals surface area contributed by atoms with Crippen molar-refractivity contribution in [3.05, 3.63) is 90.1 Å². The van der Waals surface area contributed by atoms with Gasteiger partial charge in [-0.15, -0.1) is 11.3 Å². The predicted molar refractivity (Wildman–Crippen MR) is 122 cm³/mol. The van der Waals surface area contributed by atoms with E-state index >= 15 is 0 Å². The molecule has 9 heteroatoms. The molecule has 0 atom stereocenters. The van der Waals surface area contributed by atoms with Crippen molar-refractivity contribution in [3.8, 4) is 27.5 Å². The van der Waals surface area contributed by atoms with Crippen molar-refractivity contribution in [2.75, 3.05) is 0 Å². The topological polar surface area (TPSA) is 90.5 Å². The first-order valence-corrected chi connectivity index (χ1v) is 10.8. The zero-order valence-electron chi connectivity index (χ0n) is 17.2. The van der Waals surface area contributed by atoms with Gasteiger partial charge in [0.25, 0.3) is 5.91 Å². The highest BCUT2D eigenvalue weighted by Gasteiger charge is 2.16. The lowest BCUT2D eigenvalue weighted by atomic mass is 10.1. The molecule has 5 aromatic rings. The van der Waals surface area contributed by atoms with E-state index in [1.165, 1.54) is 11.3 Å². The molecule has 0 fully saturated rings. The lowest BCUT2D eigenvalue weighted by molar-refractivity contribution is 0.0947. The van der Waals surface area contributed by atoms with Gasteiger partial charge in [0.1, 0.15) is 10.7 Å². The molecule has 4 heterocycles. The number of para-hydroxylation sites is 1. The molecule has 8 nitrogen and oxygen atoms in total. The van der Waals surface area contributed by atoms with Crippen LogP contribution in [0, 0.1) is 0 Å². The number of benzene rings is 1. The van der Waals surface area contributed by atoms with Crippen LogP contribution in [-0.2, 0) is 13.6 Å². The van der Waals surface area contributed by atoms with Crippen LogP contribution in [0.4, 0.5) is 0 Å². The van der Waals surface area contributed by atoms with Crippen molar-refractivity contribution < 1.29 is 4.79 Å². The van der Waals surface area contributed by atoms with Gasteiger partial charge in [0.15, 0.2) is 0 Å². The van der Waals surface area contributed by atoms with Crippen LogP contribution < -0.4 is 5.32 Å². The fourth-order valence-electron chi connectivity index (χ4n) is 3.31. The molecule has 5 rings (SSSR count). The normalized spacial score (nSPS) is 10.9. The van der Waals surface area contributed by atoms with Crippen LogP contribution in [0.15, 0.2) is 78.8 Å². The van der Waals surface area contributed by atoms with Gasteiger partial charge in [0.2, 0.25) is 0 Å². The average Bonchev–Trinajstić information content (AvgIpc) is 3.58. The second-order valence-electron chi connectivity index (χ2n) is 7.14. The van der Waals surface area contributed by atoms with Crippen LogP contribution in [0.2, 0.25) is 0 Å². The molecule has 158 valence electrons. The van der Waals surface area contributed by atoms with Crippen LogP contribution in [0.25, 0.3) is 27.5 Å². The Bertz CT molecular complexity index is 1360. The molecule has 1 aromatic carbocycles. The molecule has 0 unspecified atom stereocenters. The quantitative estimate of drug-likeness (QED) is 0.434. The average molecular weight is 442 g/mol. The molecule has 4 aromatic heterocycles. The summed E-state index contributed by atoms with van der Waals surface area (Å²) in [6.07, 6.45) is 9.01. The van der Waals surface area contributed by atoms with Gasteiger partial charge in [-0.25, -0.2) is 9.67 Å². The van der Waals surface area contributed by atoms with Crippen molar-refractivity contribution in [1.29, 1.82) is 0 Å². The number of thiazole rings is 1. The first kappa shape index (κ1) is 19.8. The standard InChI is InChI=1S/C23H19N7OS/c1-29-13-18(12-26-29)23-27-20(15-32-23)22(31)25-11-17-14-30(19-5-3-2-4-6-19)28-21(17)16-7-9-24-10-8-16/h2-10,12-15H,11H2,1H3,(H,25,31). The third-order valence-corrected chi connectivity index (χ3v) is 5.78. The Morgan fingerprint density at radius 2 is 1.88 bits per heavy atom. The summed E-state index contributed by atoms with van der Waals surface area (Å²) in [4.78, 5) is 21.3. The molecular formula is C23H19N7OS. The van der Waals surface area contributed by atoms with E-state index in [9.17, 15) is 4.79 Å². The van der Waals surface area contributed by atoms with Crippen LogP contribution >= 0.6 is 11.3 Å². The number of amides is 1. The molecule has 32 heavy (non-hydrogen) atoms. The number of nitrogens with one attached hydrogen (secondary N) is 1. The Morgan fingerprint density at radius 3 is 2.62 bits per heavy atom. The Balaban J connectivity index is 1.38. The van der Waals surface area contributed by atoms with E-state index < -0.39 is 0 Å². The van der Waals surface area contributed by atoms with Gasteiger partial charge in [-0.05, 0) is 24.3 Å². The fraction of sp³-hybridized carbons (Fsp3) is 0.0870. The first-order chi connectivity index (χ1) is 15.7. The van der Waals surface area contributed by atoms with E-state index in [0.717, 1.165) is 33.1 Å². The van der Waals surface area contributed by atoms with Gasteiger partial charge < -0.3 is 5.32 Å². The lowest BCUT2D eigenvalue weighted by Gasteiger charge is -2.04. The molecule has 0 saturated heterocycles. The molecule has 0 bridgehead atoms.